The van der Waals surface area contributed by atoms with Gasteiger partial charge in [0.05, 0.1) is 11.7 Å². The van der Waals surface area contributed by atoms with E-state index in [1.165, 1.54) is 38.5 Å². The average Bonchev–Trinajstić information content (AvgIpc) is 2.89. The summed E-state index contributed by atoms with van der Waals surface area (Å²) < 4.78 is 6.01. The summed E-state index contributed by atoms with van der Waals surface area (Å²) in [6, 6.07) is 0. The number of hydrogen-bond donors (Lipinski definition) is 1. The highest BCUT2D eigenvalue weighted by Gasteiger charge is 2.57. The van der Waals surface area contributed by atoms with Crippen LogP contribution in [0.15, 0.2) is 11.6 Å². The standard InChI is InChI=1S/C22H36O2/c1-5-14-6-7-19-17-12-20(24-4)18-13-21(2,23)10-8-16(18)15(17)9-11-22(14,19)3/h5,15-20,23H,6-13H2,1-4H3/b14-5-/t15-,16-,17-,18-,19+,20-,21-,22-/m1/s1. The summed E-state index contributed by atoms with van der Waals surface area (Å²) in [6.07, 6.45) is 12.6. The van der Waals surface area contributed by atoms with E-state index < -0.39 is 5.60 Å². The van der Waals surface area contributed by atoms with Crippen molar-refractivity contribution in [1.29, 1.82) is 0 Å². The predicted molar refractivity (Wildman–Crippen MR) is 97.7 cm³/mol. The van der Waals surface area contributed by atoms with Gasteiger partial charge < -0.3 is 9.84 Å². The van der Waals surface area contributed by atoms with Crippen molar-refractivity contribution in [2.45, 2.75) is 83.8 Å². The molecule has 136 valence electrons. The summed E-state index contributed by atoms with van der Waals surface area (Å²) in [5.74, 6) is 3.95. The molecule has 0 aromatic carbocycles. The molecule has 4 saturated carbocycles. The highest BCUT2D eigenvalue weighted by Crippen LogP contribution is 2.64. The van der Waals surface area contributed by atoms with Crippen LogP contribution in [0, 0.1) is 35.0 Å². The largest absolute Gasteiger partial charge is 0.390 e. The van der Waals surface area contributed by atoms with E-state index in [1.807, 2.05) is 14.0 Å². The van der Waals surface area contributed by atoms with Gasteiger partial charge in [0, 0.05) is 7.11 Å². The quantitative estimate of drug-likeness (QED) is 0.688. The van der Waals surface area contributed by atoms with Crippen molar-refractivity contribution < 1.29 is 9.84 Å². The summed E-state index contributed by atoms with van der Waals surface area (Å²) in [5, 5.41) is 10.6. The Balaban J connectivity index is 1.63. The zero-order valence-electron chi connectivity index (χ0n) is 16.1. The number of methoxy groups -OCH3 is 1. The molecule has 2 nitrogen and oxygen atoms in total. The summed E-state index contributed by atoms with van der Waals surface area (Å²) in [5.41, 5.74) is 1.72. The van der Waals surface area contributed by atoms with E-state index >= 15 is 0 Å². The molecule has 0 spiro atoms. The minimum Gasteiger partial charge on any atom is -0.390 e. The molecule has 2 heteroatoms. The monoisotopic (exact) mass is 332 g/mol. The highest BCUT2D eigenvalue weighted by atomic mass is 16.5. The maximum atomic E-state index is 10.6. The van der Waals surface area contributed by atoms with E-state index in [1.54, 1.807) is 5.57 Å². The third-order valence-electron chi connectivity index (χ3n) is 8.77. The molecule has 0 heterocycles. The lowest BCUT2D eigenvalue weighted by Crippen LogP contribution is -2.54. The molecule has 4 rings (SSSR count). The van der Waals surface area contributed by atoms with Crippen LogP contribution in [0.5, 0.6) is 0 Å². The summed E-state index contributed by atoms with van der Waals surface area (Å²) in [7, 11) is 1.90. The molecular weight excluding hydrogens is 296 g/mol. The van der Waals surface area contributed by atoms with E-state index in [0.29, 0.717) is 17.4 Å². The molecule has 4 fully saturated rings. The number of rotatable bonds is 1. The van der Waals surface area contributed by atoms with Gasteiger partial charge in [0.15, 0.2) is 0 Å². The Morgan fingerprint density at radius 2 is 1.75 bits per heavy atom. The van der Waals surface area contributed by atoms with E-state index in [4.69, 9.17) is 4.74 Å². The van der Waals surface area contributed by atoms with Crippen LogP contribution in [0.2, 0.25) is 0 Å². The van der Waals surface area contributed by atoms with Gasteiger partial charge in [0.2, 0.25) is 0 Å². The van der Waals surface area contributed by atoms with Crippen LogP contribution < -0.4 is 0 Å². The lowest BCUT2D eigenvalue weighted by molar-refractivity contribution is -0.146. The third kappa shape index (κ3) is 2.43. The number of hydrogen-bond acceptors (Lipinski definition) is 2. The van der Waals surface area contributed by atoms with Gasteiger partial charge >= 0.3 is 0 Å². The zero-order chi connectivity index (χ0) is 17.1. The van der Waals surface area contributed by atoms with Crippen molar-refractivity contribution in [2.24, 2.45) is 35.0 Å². The first-order chi connectivity index (χ1) is 11.4. The van der Waals surface area contributed by atoms with Gasteiger partial charge in [-0.05, 0) is 100 Å². The van der Waals surface area contributed by atoms with Crippen LogP contribution in [0.3, 0.4) is 0 Å². The van der Waals surface area contributed by atoms with Crippen molar-refractivity contribution >= 4 is 0 Å². The van der Waals surface area contributed by atoms with Gasteiger partial charge in [0.25, 0.3) is 0 Å². The lowest BCUT2D eigenvalue weighted by Gasteiger charge is -2.58. The number of allylic oxidation sites excluding steroid dienone is 2. The van der Waals surface area contributed by atoms with E-state index in [0.717, 1.165) is 36.5 Å². The molecule has 0 unspecified atom stereocenters. The average molecular weight is 333 g/mol. The fraction of sp³-hybridized carbons (Fsp3) is 0.909. The van der Waals surface area contributed by atoms with Crippen LogP contribution >= 0.6 is 0 Å². The first kappa shape index (κ1) is 17.1. The lowest BCUT2D eigenvalue weighted by atomic mass is 9.49. The minimum absolute atomic E-state index is 0.361. The van der Waals surface area contributed by atoms with Crippen molar-refractivity contribution in [3.8, 4) is 0 Å². The molecule has 0 radical (unpaired) electrons. The fourth-order valence-electron chi connectivity index (χ4n) is 7.62. The van der Waals surface area contributed by atoms with Crippen molar-refractivity contribution in [3.63, 3.8) is 0 Å². The Kier molecular flexibility index (Phi) is 4.16. The van der Waals surface area contributed by atoms with Crippen LogP contribution in [0.1, 0.15) is 72.1 Å². The first-order valence-electron chi connectivity index (χ1n) is 10.3. The maximum Gasteiger partial charge on any atom is 0.0623 e. The number of fused-ring (bicyclic) bond motifs is 5. The van der Waals surface area contributed by atoms with E-state index in [-0.39, 0.29) is 0 Å². The smallest absolute Gasteiger partial charge is 0.0623 e. The molecule has 0 amide bonds. The molecule has 0 aromatic rings. The molecule has 24 heavy (non-hydrogen) atoms. The SMILES string of the molecule is C/C=C1/CC[C@H]2[C@@H]3C[C@@H](OC)[C@@H]4C[C@](C)(O)CC[C@@H]4[C@H]3CC[C@]12C. The van der Waals surface area contributed by atoms with Crippen molar-refractivity contribution in [2.75, 3.05) is 7.11 Å². The Morgan fingerprint density at radius 1 is 1.04 bits per heavy atom. The minimum atomic E-state index is -0.473. The topological polar surface area (TPSA) is 29.5 Å². The summed E-state index contributed by atoms with van der Waals surface area (Å²) in [6.45, 7) is 6.83. The molecule has 4 aliphatic carbocycles. The van der Waals surface area contributed by atoms with E-state index in [9.17, 15) is 5.11 Å². The van der Waals surface area contributed by atoms with Gasteiger partial charge in [-0.1, -0.05) is 18.6 Å². The predicted octanol–water partition coefficient (Wildman–Crippen LogP) is 4.96. The van der Waals surface area contributed by atoms with E-state index in [2.05, 4.69) is 19.9 Å². The molecule has 0 bridgehead atoms. The summed E-state index contributed by atoms with van der Waals surface area (Å²) >= 11 is 0. The highest BCUT2D eigenvalue weighted by molar-refractivity contribution is 5.23. The number of ether oxygens (including phenoxy) is 1. The van der Waals surface area contributed by atoms with Crippen LogP contribution in [0.25, 0.3) is 0 Å². The molecule has 0 aliphatic heterocycles. The Morgan fingerprint density at radius 3 is 2.46 bits per heavy atom. The maximum absolute atomic E-state index is 10.6. The fourth-order valence-corrected chi connectivity index (χ4v) is 7.62. The second kappa shape index (κ2) is 5.84. The van der Waals surface area contributed by atoms with Gasteiger partial charge in [-0.3, -0.25) is 0 Å². The van der Waals surface area contributed by atoms with Crippen LogP contribution in [0.4, 0.5) is 0 Å². The Bertz CT molecular complexity index is 522. The molecule has 1 N–H and O–H groups in total. The Labute approximate surface area is 148 Å². The Hall–Kier alpha value is -0.340. The molecule has 0 aromatic heterocycles. The number of aliphatic hydroxyl groups is 1. The molecular formula is C22H36O2. The zero-order valence-corrected chi connectivity index (χ0v) is 16.1. The van der Waals surface area contributed by atoms with Gasteiger partial charge in [-0.2, -0.15) is 0 Å². The van der Waals surface area contributed by atoms with Crippen molar-refractivity contribution in [1.82, 2.24) is 0 Å². The molecule has 8 atom stereocenters. The normalized spacial score (nSPS) is 55.8. The van der Waals surface area contributed by atoms with Gasteiger partial charge in [-0.25, -0.2) is 0 Å². The van der Waals surface area contributed by atoms with Gasteiger partial charge in [0.1, 0.15) is 0 Å². The second-order valence-electron chi connectivity index (χ2n) is 9.82. The second-order valence-corrected chi connectivity index (χ2v) is 9.82. The third-order valence-corrected chi connectivity index (χ3v) is 8.77. The molecule has 0 saturated heterocycles. The van der Waals surface area contributed by atoms with Crippen molar-refractivity contribution in [3.05, 3.63) is 11.6 Å². The van der Waals surface area contributed by atoms with Gasteiger partial charge in [-0.15, -0.1) is 0 Å². The first-order valence-corrected chi connectivity index (χ1v) is 10.3. The van der Waals surface area contributed by atoms with Crippen LogP contribution in [-0.4, -0.2) is 23.9 Å². The summed E-state index contributed by atoms with van der Waals surface area (Å²) in [4.78, 5) is 0. The van der Waals surface area contributed by atoms with Crippen LogP contribution in [-0.2, 0) is 4.74 Å². The molecule has 4 aliphatic rings.